The van der Waals surface area contributed by atoms with E-state index in [2.05, 4.69) is 34.3 Å². The third kappa shape index (κ3) is 3.21. The van der Waals surface area contributed by atoms with E-state index in [1.807, 2.05) is 7.05 Å². The molecule has 2 heterocycles. The minimum Gasteiger partial charge on any atom is -0.384 e. The number of aromatic nitrogens is 1. The summed E-state index contributed by atoms with van der Waals surface area (Å²) in [6.07, 6.45) is 1.20. The van der Waals surface area contributed by atoms with Crippen molar-refractivity contribution >= 4 is 5.82 Å². The molecule has 1 aromatic heterocycles. The van der Waals surface area contributed by atoms with E-state index in [0.29, 0.717) is 5.92 Å². The number of rotatable bonds is 5. The Bertz CT molecular complexity index is 395. The second-order valence-electron chi connectivity index (χ2n) is 5.06. The van der Waals surface area contributed by atoms with Crippen LogP contribution in [0.5, 0.6) is 0 Å². The third-order valence-electron chi connectivity index (χ3n) is 3.39. The molecule has 0 radical (unpaired) electrons. The Morgan fingerprint density at radius 1 is 1.50 bits per heavy atom. The summed E-state index contributed by atoms with van der Waals surface area (Å²) in [4.78, 5) is 7.02. The van der Waals surface area contributed by atoms with Crippen molar-refractivity contribution in [1.82, 2.24) is 10.3 Å². The molecule has 1 atom stereocenters. The molecule has 1 aliphatic rings. The quantitative estimate of drug-likeness (QED) is 0.860. The molecule has 2 rings (SSSR count). The topological polar surface area (TPSA) is 37.4 Å². The number of pyridine rings is 1. The minimum atomic E-state index is 0.644. The van der Waals surface area contributed by atoms with Gasteiger partial charge in [-0.15, -0.1) is 0 Å². The second-order valence-corrected chi connectivity index (χ2v) is 5.06. The molecule has 100 valence electrons. The van der Waals surface area contributed by atoms with E-state index in [9.17, 15) is 0 Å². The lowest BCUT2D eigenvalue weighted by Gasteiger charge is -2.19. The van der Waals surface area contributed by atoms with Gasteiger partial charge in [-0.25, -0.2) is 4.98 Å². The van der Waals surface area contributed by atoms with Gasteiger partial charge in [0.05, 0.1) is 6.61 Å². The molecule has 1 aliphatic heterocycles. The van der Waals surface area contributed by atoms with Gasteiger partial charge in [-0.1, -0.05) is 0 Å². The van der Waals surface area contributed by atoms with Crippen LogP contribution in [0.1, 0.15) is 17.7 Å². The molecular weight excluding hydrogens is 226 g/mol. The largest absolute Gasteiger partial charge is 0.384 e. The summed E-state index contributed by atoms with van der Waals surface area (Å²) in [5.74, 6) is 1.75. The van der Waals surface area contributed by atoms with Crippen molar-refractivity contribution < 1.29 is 4.74 Å². The molecule has 0 spiro atoms. The molecule has 1 unspecified atom stereocenters. The van der Waals surface area contributed by atoms with E-state index in [1.54, 1.807) is 7.11 Å². The summed E-state index contributed by atoms with van der Waals surface area (Å²) < 4.78 is 5.24. The molecule has 18 heavy (non-hydrogen) atoms. The molecule has 0 aliphatic carbocycles. The maximum atomic E-state index is 5.24. The normalized spacial score (nSPS) is 19.5. The average Bonchev–Trinajstić information content (AvgIpc) is 2.78. The fraction of sp³-hybridized carbons (Fsp3) is 0.643. The molecule has 4 nitrogen and oxygen atoms in total. The van der Waals surface area contributed by atoms with Gasteiger partial charge >= 0.3 is 0 Å². The Balaban J connectivity index is 2.08. The highest BCUT2D eigenvalue weighted by Crippen LogP contribution is 2.23. The van der Waals surface area contributed by atoms with Gasteiger partial charge < -0.3 is 15.0 Å². The fourth-order valence-electron chi connectivity index (χ4n) is 2.60. The van der Waals surface area contributed by atoms with Crippen molar-refractivity contribution in [2.24, 2.45) is 5.92 Å². The van der Waals surface area contributed by atoms with Gasteiger partial charge in [-0.05, 0) is 38.1 Å². The van der Waals surface area contributed by atoms with Crippen LogP contribution in [0.3, 0.4) is 0 Å². The molecule has 0 amide bonds. The lowest BCUT2D eigenvalue weighted by Crippen LogP contribution is -2.22. The summed E-state index contributed by atoms with van der Waals surface area (Å²) in [6.45, 7) is 5.95. The average molecular weight is 249 g/mol. The summed E-state index contributed by atoms with van der Waals surface area (Å²) in [5.41, 5.74) is 2.39. The van der Waals surface area contributed by atoms with E-state index >= 15 is 0 Å². The van der Waals surface area contributed by atoms with Crippen molar-refractivity contribution in [3.05, 3.63) is 23.4 Å². The van der Waals surface area contributed by atoms with Crippen LogP contribution in [0.15, 0.2) is 12.1 Å². The van der Waals surface area contributed by atoms with Crippen molar-refractivity contribution in [2.45, 2.75) is 19.9 Å². The molecule has 1 N–H and O–H groups in total. The lowest BCUT2D eigenvalue weighted by molar-refractivity contribution is 0.161. The van der Waals surface area contributed by atoms with E-state index in [-0.39, 0.29) is 0 Å². The van der Waals surface area contributed by atoms with E-state index in [4.69, 9.17) is 4.74 Å². The summed E-state index contributed by atoms with van der Waals surface area (Å²) in [7, 11) is 3.75. The first-order valence-electron chi connectivity index (χ1n) is 6.59. The van der Waals surface area contributed by atoms with Crippen molar-refractivity contribution in [2.75, 3.05) is 38.8 Å². The molecular formula is C14H23N3O. The Kier molecular flexibility index (Phi) is 4.55. The van der Waals surface area contributed by atoms with Gasteiger partial charge in [0, 0.05) is 38.4 Å². The summed E-state index contributed by atoms with van der Waals surface area (Å²) in [6, 6.07) is 4.33. The number of nitrogens with one attached hydrogen (secondary N) is 1. The molecule has 1 saturated heterocycles. The van der Waals surface area contributed by atoms with Crippen LogP contribution in [0.25, 0.3) is 0 Å². The highest BCUT2D eigenvalue weighted by molar-refractivity contribution is 5.43. The van der Waals surface area contributed by atoms with Crippen LogP contribution in [0.2, 0.25) is 0 Å². The smallest absolute Gasteiger partial charge is 0.129 e. The molecule has 0 aromatic carbocycles. The lowest BCUT2D eigenvalue weighted by atomic mass is 10.1. The van der Waals surface area contributed by atoms with Gasteiger partial charge in [-0.2, -0.15) is 0 Å². The number of methoxy groups -OCH3 is 1. The predicted octanol–water partition coefficient (Wildman–Crippen LogP) is 1.58. The van der Waals surface area contributed by atoms with Gasteiger partial charge in [-0.3, -0.25) is 0 Å². The number of aryl methyl sites for hydroxylation is 1. The maximum Gasteiger partial charge on any atom is 0.129 e. The number of nitrogens with zero attached hydrogens (tertiary/aromatic N) is 2. The number of ether oxygens (including phenoxy) is 1. The van der Waals surface area contributed by atoms with Crippen LogP contribution in [-0.2, 0) is 11.3 Å². The zero-order valence-corrected chi connectivity index (χ0v) is 11.6. The third-order valence-corrected chi connectivity index (χ3v) is 3.39. The first-order valence-corrected chi connectivity index (χ1v) is 6.59. The van der Waals surface area contributed by atoms with Crippen LogP contribution < -0.4 is 10.2 Å². The van der Waals surface area contributed by atoms with Crippen molar-refractivity contribution in [3.63, 3.8) is 0 Å². The van der Waals surface area contributed by atoms with Gasteiger partial charge in [0.1, 0.15) is 5.82 Å². The summed E-state index contributed by atoms with van der Waals surface area (Å²) in [5, 5.41) is 3.19. The molecule has 4 heteroatoms. The Morgan fingerprint density at radius 2 is 2.33 bits per heavy atom. The monoisotopic (exact) mass is 249 g/mol. The molecule has 1 aromatic rings. The maximum absolute atomic E-state index is 5.24. The van der Waals surface area contributed by atoms with Gasteiger partial charge in [0.15, 0.2) is 0 Å². The van der Waals surface area contributed by atoms with E-state index in [1.165, 1.54) is 12.0 Å². The minimum absolute atomic E-state index is 0.644. The molecule has 0 saturated carbocycles. The fourth-order valence-corrected chi connectivity index (χ4v) is 2.60. The zero-order valence-electron chi connectivity index (χ0n) is 11.6. The SMILES string of the molecule is CNCc1cc(C)nc(N2CCC(COC)C2)c1. The number of hydrogen-bond acceptors (Lipinski definition) is 4. The Labute approximate surface area is 109 Å². The standard InChI is InChI=1S/C14H23N3O/c1-11-6-13(8-15-2)7-14(16-11)17-5-4-12(9-17)10-18-3/h6-7,12,15H,4-5,8-10H2,1-3H3. The first-order chi connectivity index (χ1) is 8.72. The Morgan fingerprint density at radius 3 is 3.06 bits per heavy atom. The van der Waals surface area contributed by atoms with Crippen LogP contribution in [-0.4, -0.2) is 38.8 Å². The molecule has 0 bridgehead atoms. The van der Waals surface area contributed by atoms with Crippen molar-refractivity contribution in [1.29, 1.82) is 0 Å². The number of hydrogen-bond donors (Lipinski definition) is 1. The van der Waals surface area contributed by atoms with E-state index in [0.717, 1.165) is 37.8 Å². The van der Waals surface area contributed by atoms with Gasteiger partial charge in [0.2, 0.25) is 0 Å². The van der Waals surface area contributed by atoms with Crippen LogP contribution >= 0.6 is 0 Å². The highest BCUT2D eigenvalue weighted by Gasteiger charge is 2.23. The molecule has 1 fully saturated rings. The second kappa shape index (κ2) is 6.16. The highest BCUT2D eigenvalue weighted by atomic mass is 16.5. The van der Waals surface area contributed by atoms with Crippen LogP contribution in [0, 0.1) is 12.8 Å². The summed E-state index contributed by atoms with van der Waals surface area (Å²) >= 11 is 0. The van der Waals surface area contributed by atoms with Crippen LogP contribution in [0.4, 0.5) is 5.82 Å². The van der Waals surface area contributed by atoms with Crippen molar-refractivity contribution in [3.8, 4) is 0 Å². The zero-order chi connectivity index (χ0) is 13.0. The predicted molar refractivity (Wildman–Crippen MR) is 73.9 cm³/mol. The number of anilines is 1. The van der Waals surface area contributed by atoms with Gasteiger partial charge in [0.25, 0.3) is 0 Å². The first kappa shape index (κ1) is 13.3. The van der Waals surface area contributed by atoms with E-state index < -0.39 is 0 Å². The Hall–Kier alpha value is -1.13.